The lowest BCUT2D eigenvalue weighted by atomic mass is 10.0. The van der Waals surface area contributed by atoms with Crippen molar-refractivity contribution in [3.8, 4) is 5.75 Å². The molecular formula is C17H17F3N4O2S. The van der Waals surface area contributed by atoms with E-state index in [0.717, 1.165) is 22.7 Å². The lowest BCUT2D eigenvalue weighted by Gasteiger charge is -2.28. The van der Waals surface area contributed by atoms with Crippen molar-refractivity contribution in [2.24, 2.45) is 0 Å². The van der Waals surface area contributed by atoms with Gasteiger partial charge in [0.1, 0.15) is 11.6 Å². The number of alkyl halides is 3. The molecule has 1 saturated heterocycles. The summed E-state index contributed by atoms with van der Waals surface area (Å²) < 4.78 is 44.4. The predicted molar refractivity (Wildman–Crippen MR) is 95.6 cm³/mol. The first-order valence-electron chi connectivity index (χ1n) is 8.20. The number of amides is 2. The van der Waals surface area contributed by atoms with Crippen molar-refractivity contribution in [1.82, 2.24) is 14.3 Å². The van der Waals surface area contributed by atoms with Crippen LogP contribution in [0.15, 0.2) is 29.8 Å². The van der Waals surface area contributed by atoms with Gasteiger partial charge in [0.25, 0.3) is 0 Å². The van der Waals surface area contributed by atoms with Crippen molar-refractivity contribution in [3.63, 3.8) is 0 Å². The topological polar surface area (TPSA) is 67.4 Å². The molecule has 27 heavy (non-hydrogen) atoms. The summed E-state index contributed by atoms with van der Waals surface area (Å²) in [6.07, 6.45) is -1.37. The second-order valence-corrected chi connectivity index (χ2v) is 6.74. The first-order valence-corrected chi connectivity index (χ1v) is 8.97. The number of rotatable bonds is 3. The number of piperidine rings is 1. The van der Waals surface area contributed by atoms with Crippen molar-refractivity contribution in [1.29, 1.82) is 0 Å². The number of hydrogen-bond acceptors (Lipinski definition) is 5. The fourth-order valence-electron chi connectivity index (χ4n) is 2.66. The Balaban J connectivity index is 1.53. The number of ether oxygens (including phenoxy) is 1. The summed E-state index contributed by atoms with van der Waals surface area (Å²) in [4.78, 5) is 18.0. The van der Waals surface area contributed by atoms with Gasteiger partial charge in [0, 0.05) is 24.6 Å². The van der Waals surface area contributed by atoms with Crippen LogP contribution in [0, 0.1) is 6.92 Å². The van der Waals surface area contributed by atoms with Gasteiger partial charge in [-0.3, -0.25) is 5.32 Å². The maximum atomic E-state index is 12.2. The van der Waals surface area contributed by atoms with Crippen molar-refractivity contribution in [2.45, 2.75) is 26.1 Å². The van der Waals surface area contributed by atoms with Gasteiger partial charge in [-0.05, 0) is 37.5 Å². The van der Waals surface area contributed by atoms with Crippen LogP contribution in [0.4, 0.5) is 23.1 Å². The van der Waals surface area contributed by atoms with Crippen LogP contribution in [0.1, 0.15) is 24.2 Å². The number of nitrogens with one attached hydrogen (secondary N) is 1. The highest BCUT2D eigenvalue weighted by Crippen LogP contribution is 2.25. The van der Waals surface area contributed by atoms with Crippen LogP contribution in [0.25, 0.3) is 6.08 Å². The van der Waals surface area contributed by atoms with Gasteiger partial charge < -0.3 is 9.64 Å². The van der Waals surface area contributed by atoms with Gasteiger partial charge in [-0.15, -0.1) is 13.2 Å². The number of nitrogens with zero attached hydrogens (tertiary/aromatic N) is 3. The second kappa shape index (κ2) is 7.95. The Hall–Kier alpha value is -2.62. The molecule has 0 spiro atoms. The SMILES string of the molecule is Cc1nsc(NC(=O)N2CCC(=Cc3ccc(OC(F)(F)F)cc3)CC2)n1. The molecule has 3 rings (SSSR count). The van der Waals surface area contributed by atoms with E-state index in [2.05, 4.69) is 19.4 Å². The molecule has 1 aliphatic rings. The minimum Gasteiger partial charge on any atom is -0.406 e. The fourth-order valence-corrected chi connectivity index (χ4v) is 3.23. The lowest BCUT2D eigenvalue weighted by Crippen LogP contribution is -2.39. The van der Waals surface area contributed by atoms with E-state index in [0.29, 0.717) is 36.9 Å². The normalized spacial score (nSPS) is 14.8. The smallest absolute Gasteiger partial charge is 0.406 e. The number of urea groups is 1. The van der Waals surface area contributed by atoms with Crippen molar-refractivity contribution in [2.75, 3.05) is 18.4 Å². The third-order valence-electron chi connectivity index (χ3n) is 3.92. The summed E-state index contributed by atoms with van der Waals surface area (Å²) in [5.41, 5.74) is 1.93. The number of likely N-dealkylation sites (tertiary alicyclic amines) is 1. The summed E-state index contributed by atoms with van der Waals surface area (Å²) in [5, 5.41) is 3.20. The van der Waals surface area contributed by atoms with Crippen LogP contribution in [0.2, 0.25) is 0 Å². The summed E-state index contributed by atoms with van der Waals surface area (Å²) >= 11 is 1.14. The number of hydrogen-bond donors (Lipinski definition) is 1. The van der Waals surface area contributed by atoms with Gasteiger partial charge in [0.05, 0.1) is 0 Å². The number of anilines is 1. The van der Waals surface area contributed by atoms with Crippen molar-refractivity contribution in [3.05, 3.63) is 41.2 Å². The molecule has 0 unspecified atom stereocenters. The number of aryl methyl sites for hydroxylation is 1. The molecule has 0 bridgehead atoms. The van der Waals surface area contributed by atoms with Gasteiger partial charge in [-0.2, -0.15) is 4.37 Å². The quantitative estimate of drug-likeness (QED) is 0.829. The van der Waals surface area contributed by atoms with Gasteiger partial charge >= 0.3 is 12.4 Å². The fraction of sp³-hybridized carbons (Fsp3) is 0.353. The molecule has 0 saturated carbocycles. The van der Waals surface area contributed by atoms with Crippen LogP contribution in [-0.4, -0.2) is 39.7 Å². The molecule has 2 amide bonds. The van der Waals surface area contributed by atoms with E-state index >= 15 is 0 Å². The Morgan fingerprint density at radius 3 is 2.48 bits per heavy atom. The minimum atomic E-state index is -4.69. The molecule has 1 N–H and O–H groups in total. The third kappa shape index (κ3) is 5.68. The van der Waals surface area contributed by atoms with Gasteiger partial charge in [0.15, 0.2) is 0 Å². The molecule has 10 heteroatoms. The van der Waals surface area contributed by atoms with E-state index in [1.807, 2.05) is 6.08 Å². The highest BCUT2D eigenvalue weighted by atomic mass is 32.1. The Morgan fingerprint density at radius 2 is 1.93 bits per heavy atom. The first-order chi connectivity index (χ1) is 12.8. The summed E-state index contributed by atoms with van der Waals surface area (Å²) in [7, 11) is 0. The Labute approximate surface area is 157 Å². The maximum Gasteiger partial charge on any atom is 0.573 e. The van der Waals surface area contributed by atoms with Crippen molar-refractivity contribution >= 4 is 28.8 Å². The number of halogens is 3. The second-order valence-electron chi connectivity index (χ2n) is 5.98. The van der Waals surface area contributed by atoms with Crippen LogP contribution >= 0.6 is 11.5 Å². The third-order valence-corrected chi connectivity index (χ3v) is 4.64. The molecule has 1 fully saturated rings. The molecule has 0 aliphatic carbocycles. The molecule has 2 heterocycles. The zero-order chi connectivity index (χ0) is 19.4. The number of carbonyl (C=O) groups excluding carboxylic acids is 1. The largest absolute Gasteiger partial charge is 0.573 e. The molecular weight excluding hydrogens is 381 g/mol. The van der Waals surface area contributed by atoms with Crippen LogP contribution < -0.4 is 10.1 Å². The lowest BCUT2D eigenvalue weighted by molar-refractivity contribution is -0.274. The van der Waals surface area contributed by atoms with E-state index in [4.69, 9.17) is 0 Å². The minimum absolute atomic E-state index is 0.209. The number of carbonyl (C=O) groups is 1. The van der Waals surface area contributed by atoms with E-state index in [1.165, 1.54) is 12.1 Å². The van der Waals surface area contributed by atoms with E-state index in [1.54, 1.807) is 24.0 Å². The molecule has 2 aromatic rings. The van der Waals surface area contributed by atoms with Crippen LogP contribution in [0.5, 0.6) is 5.75 Å². The average Bonchev–Trinajstić information content (AvgIpc) is 3.01. The Morgan fingerprint density at radius 1 is 1.26 bits per heavy atom. The summed E-state index contributed by atoms with van der Waals surface area (Å²) in [6.45, 7) is 2.88. The van der Waals surface area contributed by atoms with Gasteiger partial charge in [0.2, 0.25) is 5.13 Å². The number of aromatic nitrogens is 2. The average molecular weight is 398 g/mol. The van der Waals surface area contributed by atoms with E-state index in [-0.39, 0.29) is 11.8 Å². The highest BCUT2D eigenvalue weighted by Gasteiger charge is 2.30. The zero-order valence-corrected chi connectivity index (χ0v) is 15.2. The van der Waals surface area contributed by atoms with Crippen molar-refractivity contribution < 1.29 is 22.7 Å². The van der Waals surface area contributed by atoms with E-state index < -0.39 is 6.36 Å². The zero-order valence-electron chi connectivity index (χ0n) is 14.4. The molecule has 144 valence electrons. The monoisotopic (exact) mass is 398 g/mol. The standard InChI is InChI=1S/C17H17F3N4O2S/c1-11-21-15(27-23-11)22-16(25)24-8-6-13(7-9-24)10-12-2-4-14(5-3-12)26-17(18,19)20/h2-5,10H,6-9H2,1H3,(H,21,22,23,25). The Bertz CT molecular complexity index is 823. The maximum absolute atomic E-state index is 12.2. The van der Waals surface area contributed by atoms with Crippen LogP contribution in [0.3, 0.4) is 0 Å². The summed E-state index contributed by atoms with van der Waals surface area (Å²) in [6, 6.07) is 5.51. The van der Waals surface area contributed by atoms with Gasteiger partial charge in [-0.1, -0.05) is 23.8 Å². The molecule has 1 aromatic carbocycles. The highest BCUT2D eigenvalue weighted by molar-refractivity contribution is 7.09. The molecule has 1 aromatic heterocycles. The first kappa shape index (κ1) is 19.2. The molecule has 0 radical (unpaired) electrons. The molecule has 1 aliphatic heterocycles. The Kier molecular flexibility index (Phi) is 5.64. The molecule has 6 nitrogen and oxygen atoms in total. The predicted octanol–water partition coefficient (Wildman–Crippen LogP) is 4.46. The van der Waals surface area contributed by atoms with E-state index in [9.17, 15) is 18.0 Å². The number of benzene rings is 1. The summed E-state index contributed by atoms with van der Waals surface area (Å²) in [5.74, 6) is 0.369. The van der Waals surface area contributed by atoms with Gasteiger partial charge in [-0.25, -0.2) is 9.78 Å². The van der Waals surface area contributed by atoms with Crippen LogP contribution in [-0.2, 0) is 0 Å². The molecule has 0 atom stereocenters.